The fourth-order valence-electron chi connectivity index (χ4n) is 3.44. The van der Waals surface area contributed by atoms with E-state index < -0.39 is 18.5 Å². The number of carbonyl (C=O) groups excluding carboxylic acids is 2. The minimum atomic E-state index is -0.715. The van der Waals surface area contributed by atoms with Gasteiger partial charge in [-0.2, -0.15) is 0 Å². The monoisotopic (exact) mass is 457 g/mol. The molecule has 4 rings (SSSR count). The molecule has 0 aliphatic heterocycles. The Balaban J connectivity index is 1.45. The molecule has 34 heavy (non-hydrogen) atoms. The van der Waals surface area contributed by atoms with E-state index in [1.807, 2.05) is 36.4 Å². The predicted octanol–water partition coefficient (Wildman–Crippen LogP) is 4.07. The number of rotatable bonds is 7. The van der Waals surface area contributed by atoms with E-state index in [2.05, 4.69) is 5.32 Å². The molecule has 0 aliphatic carbocycles. The van der Waals surface area contributed by atoms with Crippen molar-refractivity contribution in [2.75, 3.05) is 11.9 Å². The molecule has 1 heterocycles. The molecular weight excluding hydrogens is 434 g/mol. The highest BCUT2D eigenvalue weighted by molar-refractivity contribution is 5.97. The molecule has 3 aromatic carbocycles. The molecule has 0 bridgehead atoms. The lowest BCUT2D eigenvalue weighted by Gasteiger charge is -2.11. The van der Waals surface area contributed by atoms with Gasteiger partial charge in [-0.1, -0.05) is 48.5 Å². The summed E-state index contributed by atoms with van der Waals surface area (Å²) in [5.41, 5.74) is 1.16. The van der Waals surface area contributed by atoms with Crippen LogP contribution in [0.5, 0.6) is 11.5 Å². The molecule has 0 fully saturated rings. The molecule has 1 aromatic heterocycles. The van der Waals surface area contributed by atoms with Gasteiger partial charge >= 0.3 is 5.97 Å². The van der Waals surface area contributed by atoms with Crippen molar-refractivity contribution in [1.82, 2.24) is 9.36 Å². The molecule has 0 saturated carbocycles. The average molecular weight is 457 g/mol. The Hall–Kier alpha value is -4.59. The summed E-state index contributed by atoms with van der Waals surface area (Å²) >= 11 is 0. The highest BCUT2D eigenvalue weighted by atomic mass is 16.5. The third kappa shape index (κ3) is 4.75. The molecule has 0 radical (unpaired) electrons. The number of carbonyl (C=O) groups is 2. The Morgan fingerprint density at radius 2 is 1.50 bits per heavy atom. The lowest BCUT2D eigenvalue weighted by molar-refractivity contribution is -0.119. The maximum Gasteiger partial charge on any atom is 0.342 e. The first-order valence-electron chi connectivity index (χ1n) is 10.6. The van der Waals surface area contributed by atoms with Gasteiger partial charge in [-0.25, -0.2) is 9.48 Å². The van der Waals surface area contributed by atoms with Crippen molar-refractivity contribution < 1.29 is 19.1 Å². The number of para-hydroxylation sites is 3. The molecule has 0 spiro atoms. The number of hydrogen-bond acceptors (Lipinski definition) is 5. The molecule has 8 heteroatoms. The Kier molecular flexibility index (Phi) is 6.59. The molecule has 172 valence electrons. The van der Waals surface area contributed by atoms with Crippen LogP contribution < -0.4 is 15.6 Å². The summed E-state index contributed by atoms with van der Waals surface area (Å²) in [6.45, 7) is 1.16. The zero-order valence-electron chi connectivity index (χ0n) is 18.7. The normalized spacial score (nSPS) is 10.5. The number of nitrogens with zero attached hydrogens (tertiary/aromatic N) is 2. The van der Waals surface area contributed by atoms with Crippen LogP contribution in [0.2, 0.25) is 0 Å². The van der Waals surface area contributed by atoms with Gasteiger partial charge in [0, 0.05) is 7.05 Å². The smallest absolute Gasteiger partial charge is 0.342 e. The van der Waals surface area contributed by atoms with E-state index in [4.69, 9.17) is 9.47 Å². The van der Waals surface area contributed by atoms with E-state index in [0.717, 1.165) is 0 Å². The van der Waals surface area contributed by atoms with Crippen LogP contribution in [0.1, 0.15) is 16.1 Å². The van der Waals surface area contributed by atoms with Gasteiger partial charge in [0.2, 0.25) is 0 Å². The summed E-state index contributed by atoms with van der Waals surface area (Å²) in [7, 11) is 1.73. The lowest BCUT2D eigenvalue weighted by atomic mass is 10.2. The third-order valence-corrected chi connectivity index (χ3v) is 5.23. The van der Waals surface area contributed by atoms with Crippen LogP contribution in [0, 0.1) is 6.92 Å². The van der Waals surface area contributed by atoms with Crippen molar-refractivity contribution in [3.63, 3.8) is 0 Å². The van der Waals surface area contributed by atoms with E-state index >= 15 is 0 Å². The minimum absolute atomic E-state index is 0.125. The van der Waals surface area contributed by atoms with Gasteiger partial charge in [0.05, 0.1) is 11.4 Å². The Labute approximate surface area is 196 Å². The van der Waals surface area contributed by atoms with Gasteiger partial charge in [-0.05, 0) is 43.3 Å². The quantitative estimate of drug-likeness (QED) is 0.423. The number of amides is 1. The first-order valence-corrected chi connectivity index (χ1v) is 10.6. The van der Waals surface area contributed by atoms with Gasteiger partial charge in [0.1, 0.15) is 22.7 Å². The van der Waals surface area contributed by atoms with Gasteiger partial charge in [-0.15, -0.1) is 0 Å². The van der Waals surface area contributed by atoms with Crippen molar-refractivity contribution in [1.29, 1.82) is 0 Å². The number of anilines is 1. The van der Waals surface area contributed by atoms with E-state index in [1.54, 1.807) is 67.2 Å². The molecule has 4 aromatic rings. The fraction of sp³-hybridized carbons (Fsp3) is 0.115. The van der Waals surface area contributed by atoms with Gasteiger partial charge in [-0.3, -0.25) is 14.3 Å². The summed E-state index contributed by atoms with van der Waals surface area (Å²) in [5, 5.41) is 2.57. The van der Waals surface area contributed by atoms with Crippen molar-refractivity contribution in [2.24, 2.45) is 7.05 Å². The summed E-state index contributed by atoms with van der Waals surface area (Å²) < 4.78 is 14.1. The van der Waals surface area contributed by atoms with Crippen molar-refractivity contribution in [3.8, 4) is 17.2 Å². The summed E-state index contributed by atoms with van der Waals surface area (Å²) in [6, 6.07) is 24.7. The highest BCUT2D eigenvalue weighted by Crippen LogP contribution is 2.25. The van der Waals surface area contributed by atoms with Crippen LogP contribution in [0.4, 0.5) is 5.69 Å². The Morgan fingerprint density at radius 1 is 0.882 bits per heavy atom. The summed E-state index contributed by atoms with van der Waals surface area (Å²) in [6.07, 6.45) is 0. The third-order valence-electron chi connectivity index (χ3n) is 5.23. The Morgan fingerprint density at radius 3 is 2.21 bits per heavy atom. The molecule has 0 aliphatic rings. The standard InChI is InChI=1S/C26H23N3O5/c1-18-24(25(31)29(28(18)2)19-11-5-3-6-12-19)27-23(30)17-33-26(32)21-15-9-10-16-22(21)34-20-13-7-4-8-14-20/h3-16H,17H2,1-2H3,(H,27,30). The molecule has 0 unspecified atom stereocenters. The Bertz CT molecular complexity index is 1370. The second kappa shape index (κ2) is 9.91. The fourth-order valence-corrected chi connectivity index (χ4v) is 3.44. The second-order valence-corrected chi connectivity index (χ2v) is 7.47. The SMILES string of the molecule is Cc1c(NC(=O)COC(=O)c2ccccc2Oc2ccccc2)c(=O)n(-c2ccccc2)n1C. The maximum absolute atomic E-state index is 12.9. The molecule has 8 nitrogen and oxygen atoms in total. The molecule has 1 N–H and O–H groups in total. The summed E-state index contributed by atoms with van der Waals surface area (Å²) in [5.74, 6) is -0.465. The molecular formula is C26H23N3O5. The van der Waals surface area contributed by atoms with E-state index in [-0.39, 0.29) is 16.8 Å². The van der Waals surface area contributed by atoms with Crippen LogP contribution in [0.15, 0.2) is 89.7 Å². The van der Waals surface area contributed by atoms with Gasteiger partial charge in [0.25, 0.3) is 11.5 Å². The van der Waals surface area contributed by atoms with E-state index in [9.17, 15) is 14.4 Å². The zero-order chi connectivity index (χ0) is 24.1. The molecule has 1 amide bonds. The average Bonchev–Trinajstić information content (AvgIpc) is 3.07. The number of aromatic nitrogens is 2. The topological polar surface area (TPSA) is 91.6 Å². The van der Waals surface area contributed by atoms with Crippen molar-refractivity contribution in [3.05, 3.63) is 107 Å². The minimum Gasteiger partial charge on any atom is -0.456 e. The molecule has 0 saturated heterocycles. The largest absolute Gasteiger partial charge is 0.456 e. The number of hydrogen-bond donors (Lipinski definition) is 1. The van der Waals surface area contributed by atoms with Crippen LogP contribution in [0.25, 0.3) is 5.69 Å². The highest BCUT2D eigenvalue weighted by Gasteiger charge is 2.20. The second-order valence-electron chi connectivity index (χ2n) is 7.47. The molecule has 0 atom stereocenters. The number of esters is 1. The lowest BCUT2D eigenvalue weighted by Crippen LogP contribution is -2.26. The van der Waals surface area contributed by atoms with Gasteiger partial charge in [0.15, 0.2) is 6.61 Å². The van der Waals surface area contributed by atoms with Gasteiger partial charge < -0.3 is 14.8 Å². The zero-order valence-corrected chi connectivity index (χ0v) is 18.7. The van der Waals surface area contributed by atoms with Crippen LogP contribution in [-0.2, 0) is 16.6 Å². The number of nitrogens with one attached hydrogen (secondary N) is 1. The predicted molar refractivity (Wildman–Crippen MR) is 128 cm³/mol. The van der Waals surface area contributed by atoms with Crippen LogP contribution in [0.3, 0.4) is 0 Å². The van der Waals surface area contributed by atoms with Crippen LogP contribution in [-0.4, -0.2) is 27.8 Å². The van der Waals surface area contributed by atoms with E-state index in [1.165, 1.54) is 4.68 Å². The summed E-state index contributed by atoms with van der Waals surface area (Å²) in [4.78, 5) is 38.1. The van der Waals surface area contributed by atoms with Crippen LogP contribution >= 0.6 is 0 Å². The first kappa shape index (κ1) is 22.6. The number of benzene rings is 3. The van der Waals surface area contributed by atoms with Crippen molar-refractivity contribution >= 4 is 17.6 Å². The number of ether oxygens (including phenoxy) is 2. The first-order chi connectivity index (χ1) is 16.5. The maximum atomic E-state index is 12.9. The van der Waals surface area contributed by atoms with E-state index in [0.29, 0.717) is 22.9 Å². The van der Waals surface area contributed by atoms with Crippen molar-refractivity contribution in [2.45, 2.75) is 6.92 Å².